The minimum absolute atomic E-state index is 0.119. The Morgan fingerprint density at radius 1 is 0.941 bits per heavy atom. The highest BCUT2D eigenvalue weighted by Gasteiger charge is 2.38. The van der Waals surface area contributed by atoms with Crippen LogP contribution in [0, 0.1) is 0 Å². The highest BCUT2D eigenvalue weighted by atomic mass is 19.4. The Hall–Kier alpha value is -3.69. The lowest BCUT2D eigenvalue weighted by molar-refractivity contribution is -0.192. The van der Waals surface area contributed by atoms with E-state index in [0.717, 1.165) is 19.3 Å². The van der Waals surface area contributed by atoms with Gasteiger partial charge in [0.25, 0.3) is 0 Å². The molecule has 0 spiro atoms. The topological polar surface area (TPSA) is 110 Å². The van der Waals surface area contributed by atoms with Gasteiger partial charge in [-0.15, -0.1) is 0 Å². The average molecular weight is 479 g/mol. The normalized spacial score (nSPS) is 12.1. The fourth-order valence-corrected chi connectivity index (χ4v) is 3.20. The van der Waals surface area contributed by atoms with E-state index < -0.39 is 12.1 Å². The van der Waals surface area contributed by atoms with Gasteiger partial charge in [0.15, 0.2) is 11.6 Å². The number of ketones is 2. The molecular weight excluding hydrogens is 455 g/mol. The van der Waals surface area contributed by atoms with Gasteiger partial charge in [-0.05, 0) is 25.3 Å². The third kappa shape index (κ3) is 6.90. The molecule has 0 fully saturated rings. The number of carboxylic acid groups (broad SMARTS) is 1. The summed E-state index contributed by atoms with van der Waals surface area (Å²) in [6, 6.07) is 12.2. The maximum Gasteiger partial charge on any atom is 0.490 e. The number of halogens is 3. The second-order valence-electron chi connectivity index (χ2n) is 7.34. The number of rotatable bonds is 8. The summed E-state index contributed by atoms with van der Waals surface area (Å²) in [7, 11) is 0. The molecule has 0 heterocycles. The molecular formula is C24H24F3NO6. The van der Waals surface area contributed by atoms with E-state index in [1.54, 1.807) is 36.4 Å². The summed E-state index contributed by atoms with van der Waals surface area (Å²) in [4.78, 5) is 45.8. The van der Waals surface area contributed by atoms with Crippen molar-refractivity contribution in [1.29, 1.82) is 0 Å². The number of hydrogen-bond acceptors (Lipinski definition) is 6. The molecule has 0 bridgehead atoms. The SMILES string of the molecule is CCCC(=O)OCCCCNc1cccc2c1C(=O)c1ccccc1C2=O.O=C(O)C(F)(F)F. The van der Waals surface area contributed by atoms with Crippen LogP contribution in [0.5, 0.6) is 0 Å². The van der Waals surface area contributed by atoms with Gasteiger partial charge in [0.1, 0.15) is 0 Å². The van der Waals surface area contributed by atoms with Crippen LogP contribution in [0.15, 0.2) is 42.5 Å². The molecule has 1 aliphatic carbocycles. The van der Waals surface area contributed by atoms with Gasteiger partial charge in [-0.2, -0.15) is 13.2 Å². The van der Waals surface area contributed by atoms with E-state index >= 15 is 0 Å². The first-order valence-corrected chi connectivity index (χ1v) is 10.6. The molecule has 2 aromatic rings. The fraction of sp³-hybridized carbons (Fsp3) is 0.333. The van der Waals surface area contributed by atoms with Gasteiger partial charge >= 0.3 is 18.1 Å². The van der Waals surface area contributed by atoms with Gasteiger partial charge in [-0.3, -0.25) is 14.4 Å². The van der Waals surface area contributed by atoms with Gasteiger partial charge in [-0.25, -0.2) is 4.79 Å². The lowest BCUT2D eigenvalue weighted by atomic mass is 9.83. The maximum atomic E-state index is 12.9. The van der Waals surface area contributed by atoms with Crippen molar-refractivity contribution in [2.75, 3.05) is 18.5 Å². The highest BCUT2D eigenvalue weighted by Crippen LogP contribution is 2.31. The number of benzene rings is 2. The van der Waals surface area contributed by atoms with Crippen molar-refractivity contribution in [1.82, 2.24) is 0 Å². The Morgan fingerprint density at radius 2 is 1.53 bits per heavy atom. The van der Waals surface area contributed by atoms with Crippen LogP contribution in [0.25, 0.3) is 0 Å². The molecule has 0 amide bonds. The van der Waals surface area contributed by atoms with Crippen LogP contribution in [0.3, 0.4) is 0 Å². The first-order valence-electron chi connectivity index (χ1n) is 10.6. The third-order valence-corrected chi connectivity index (χ3v) is 4.80. The van der Waals surface area contributed by atoms with Crippen LogP contribution >= 0.6 is 0 Å². The minimum Gasteiger partial charge on any atom is -0.475 e. The van der Waals surface area contributed by atoms with Crippen LogP contribution in [-0.2, 0) is 14.3 Å². The van der Waals surface area contributed by atoms with E-state index in [-0.39, 0.29) is 17.5 Å². The standard InChI is InChI=1S/C22H23NO4.C2HF3O2/c1-2-8-19(24)27-14-6-5-13-23-18-12-7-11-17-20(18)22(26)16-10-4-3-9-15(16)21(17)25;3-2(4,5)1(6)7/h3-4,7,9-12,23H,2,5-6,8,13-14H2,1H3;(H,6,7). The molecule has 3 rings (SSSR count). The van der Waals surface area contributed by atoms with Crippen molar-refractivity contribution in [2.24, 2.45) is 0 Å². The molecule has 0 saturated heterocycles. The van der Waals surface area contributed by atoms with E-state index in [1.807, 2.05) is 13.0 Å². The van der Waals surface area contributed by atoms with E-state index in [1.165, 1.54) is 0 Å². The van der Waals surface area contributed by atoms with Crippen LogP contribution in [-0.4, -0.2) is 47.9 Å². The molecule has 0 saturated carbocycles. The zero-order valence-corrected chi connectivity index (χ0v) is 18.4. The smallest absolute Gasteiger partial charge is 0.475 e. The summed E-state index contributed by atoms with van der Waals surface area (Å²) in [6.45, 7) is 2.97. The molecule has 0 radical (unpaired) electrons. The van der Waals surface area contributed by atoms with Crippen molar-refractivity contribution in [3.05, 3.63) is 64.7 Å². The molecule has 10 heteroatoms. The number of carboxylic acids is 1. The van der Waals surface area contributed by atoms with E-state index in [0.29, 0.717) is 47.5 Å². The molecule has 7 nitrogen and oxygen atoms in total. The predicted molar refractivity (Wildman–Crippen MR) is 117 cm³/mol. The molecule has 2 aromatic carbocycles. The molecule has 0 aromatic heterocycles. The summed E-state index contributed by atoms with van der Waals surface area (Å²) in [6.07, 6.45) is -2.31. The Morgan fingerprint density at radius 3 is 2.12 bits per heavy atom. The second-order valence-corrected chi connectivity index (χ2v) is 7.34. The highest BCUT2D eigenvalue weighted by molar-refractivity contribution is 6.30. The number of nitrogens with one attached hydrogen (secondary N) is 1. The van der Waals surface area contributed by atoms with Crippen LogP contribution in [0.2, 0.25) is 0 Å². The number of fused-ring (bicyclic) bond motifs is 2. The number of esters is 1. The molecule has 0 unspecified atom stereocenters. The Labute approximate surface area is 193 Å². The van der Waals surface area contributed by atoms with Crippen LogP contribution in [0.4, 0.5) is 18.9 Å². The number of ether oxygens (including phenoxy) is 1. The number of hydrogen-bond donors (Lipinski definition) is 2. The quantitative estimate of drug-likeness (QED) is 0.358. The summed E-state index contributed by atoms with van der Waals surface area (Å²) < 4.78 is 36.9. The predicted octanol–water partition coefficient (Wildman–Crippen LogP) is 4.63. The zero-order chi connectivity index (χ0) is 25.3. The van der Waals surface area contributed by atoms with E-state index in [2.05, 4.69) is 5.32 Å². The summed E-state index contributed by atoms with van der Waals surface area (Å²) in [5.41, 5.74) is 2.46. The van der Waals surface area contributed by atoms with Crippen LogP contribution < -0.4 is 5.32 Å². The average Bonchev–Trinajstić information content (AvgIpc) is 2.79. The number of alkyl halides is 3. The number of unbranched alkanes of at least 4 members (excludes halogenated alkanes) is 1. The van der Waals surface area contributed by atoms with Gasteiger partial charge in [0.05, 0.1) is 12.2 Å². The Kier molecular flexibility index (Phi) is 9.35. The first kappa shape index (κ1) is 26.6. The molecule has 182 valence electrons. The van der Waals surface area contributed by atoms with E-state index in [4.69, 9.17) is 14.6 Å². The molecule has 1 aliphatic rings. The van der Waals surface area contributed by atoms with Crippen molar-refractivity contribution >= 4 is 29.2 Å². The monoisotopic (exact) mass is 479 g/mol. The lowest BCUT2D eigenvalue weighted by Crippen LogP contribution is -2.22. The minimum atomic E-state index is -5.08. The summed E-state index contributed by atoms with van der Waals surface area (Å²) >= 11 is 0. The number of anilines is 1. The number of carbonyl (C=O) groups excluding carboxylic acids is 3. The molecule has 2 N–H and O–H groups in total. The Balaban J connectivity index is 0.000000509. The summed E-state index contributed by atoms with van der Waals surface area (Å²) in [5, 5.41) is 10.4. The third-order valence-electron chi connectivity index (χ3n) is 4.80. The number of aliphatic carboxylic acids is 1. The molecule has 0 atom stereocenters. The molecule has 34 heavy (non-hydrogen) atoms. The van der Waals surface area contributed by atoms with Crippen molar-refractivity contribution in [2.45, 2.75) is 38.8 Å². The fourth-order valence-electron chi connectivity index (χ4n) is 3.20. The first-order chi connectivity index (χ1) is 16.1. The van der Waals surface area contributed by atoms with E-state index in [9.17, 15) is 27.6 Å². The van der Waals surface area contributed by atoms with Gasteiger partial charge < -0.3 is 15.2 Å². The van der Waals surface area contributed by atoms with Crippen molar-refractivity contribution < 1.29 is 42.2 Å². The van der Waals surface area contributed by atoms with Gasteiger partial charge in [-0.1, -0.05) is 43.3 Å². The van der Waals surface area contributed by atoms with Crippen molar-refractivity contribution in [3.63, 3.8) is 0 Å². The maximum absolute atomic E-state index is 12.9. The lowest BCUT2D eigenvalue weighted by Gasteiger charge is -2.20. The largest absolute Gasteiger partial charge is 0.490 e. The van der Waals surface area contributed by atoms with Crippen molar-refractivity contribution in [3.8, 4) is 0 Å². The zero-order valence-electron chi connectivity index (χ0n) is 18.4. The molecule has 0 aliphatic heterocycles. The van der Waals surface area contributed by atoms with Crippen LogP contribution in [0.1, 0.15) is 64.4 Å². The Bertz CT molecular complexity index is 1060. The summed E-state index contributed by atoms with van der Waals surface area (Å²) in [5.74, 6) is -3.17. The van der Waals surface area contributed by atoms with Gasteiger partial charge in [0.2, 0.25) is 0 Å². The number of carbonyl (C=O) groups is 4. The second kappa shape index (κ2) is 12.0. The van der Waals surface area contributed by atoms with Gasteiger partial charge in [0, 0.05) is 35.3 Å².